The molecule has 4 rings (SSSR count). The predicted octanol–water partition coefficient (Wildman–Crippen LogP) is 4.61. The topological polar surface area (TPSA) is 63.5 Å². The summed E-state index contributed by atoms with van der Waals surface area (Å²) in [5.41, 5.74) is 4.56. The highest BCUT2D eigenvalue weighted by molar-refractivity contribution is 6.42. The fourth-order valence-electron chi connectivity index (χ4n) is 3.20. The molecular weight excluding hydrogens is 409 g/mol. The lowest BCUT2D eigenvalue weighted by Crippen LogP contribution is -2.25. The van der Waals surface area contributed by atoms with Gasteiger partial charge in [-0.2, -0.15) is 5.10 Å². The summed E-state index contributed by atoms with van der Waals surface area (Å²) in [5.74, 6) is -0.319. The molecule has 0 atom stereocenters. The summed E-state index contributed by atoms with van der Waals surface area (Å²) in [4.78, 5) is 25.3. The molecule has 1 aromatic heterocycles. The van der Waals surface area contributed by atoms with Crippen LogP contribution in [0.3, 0.4) is 0 Å². The van der Waals surface area contributed by atoms with Gasteiger partial charge in [0.1, 0.15) is 6.54 Å². The number of halogens is 2. The van der Waals surface area contributed by atoms with Crippen LogP contribution in [-0.4, -0.2) is 16.7 Å². The van der Waals surface area contributed by atoms with Gasteiger partial charge in [0.2, 0.25) is 0 Å². The monoisotopic (exact) mass is 423 g/mol. The highest BCUT2D eigenvalue weighted by Crippen LogP contribution is 2.22. The summed E-state index contributed by atoms with van der Waals surface area (Å²) in [6, 6.07) is 19.5. The number of hydrogen-bond acceptors (Lipinski definition) is 3. The van der Waals surface area contributed by atoms with Crippen molar-refractivity contribution in [1.82, 2.24) is 9.99 Å². The molecule has 0 aliphatic heterocycles. The van der Waals surface area contributed by atoms with Gasteiger partial charge in [0.25, 0.3) is 5.91 Å². The van der Waals surface area contributed by atoms with Crippen molar-refractivity contribution in [3.63, 3.8) is 0 Å². The number of amides is 1. The molecular formula is C22H15Cl2N3O2. The first-order valence-electron chi connectivity index (χ1n) is 8.82. The maximum atomic E-state index is 12.7. The number of nitrogens with zero attached hydrogens (tertiary/aromatic N) is 2. The fourth-order valence-corrected chi connectivity index (χ4v) is 3.50. The van der Waals surface area contributed by atoms with E-state index < -0.39 is 0 Å². The lowest BCUT2D eigenvalue weighted by molar-refractivity contribution is -0.121. The molecule has 0 fully saturated rings. The maximum absolute atomic E-state index is 12.7. The van der Waals surface area contributed by atoms with Crippen LogP contribution in [0, 0.1) is 0 Å². The van der Waals surface area contributed by atoms with Crippen molar-refractivity contribution in [3.8, 4) is 0 Å². The van der Waals surface area contributed by atoms with Crippen molar-refractivity contribution in [2.24, 2.45) is 5.10 Å². The Morgan fingerprint density at radius 3 is 2.17 bits per heavy atom. The van der Waals surface area contributed by atoms with Crippen LogP contribution < -0.4 is 10.9 Å². The van der Waals surface area contributed by atoms with Crippen LogP contribution >= 0.6 is 23.2 Å². The molecule has 0 unspecified atom stereocenters. The van der Waals surface area contributed by atoms with Crippen LogP contribution in [0.5, 0.6) is 0 Å². The Hall–Kier alpha value is -3.15. The van der Waals surface area contributed by atoms with Gasteiger partial charge >= 0.3 is 0 Å². The number of carbonyl (C=O) groups is 1. The fraction of sp³-hybridized carbons (Fsp3) is 0.0455. The van der Waals surface area contributed by atoms with Crippen LogP contribution in [0.4, 0.5) is 0 Å². The number of carbonyl (C=O) groups excluding carboxylic acids is 1. The van der Waals surface area contributed by atoms with Gasteiger partial charge in [-0.1, -0.05) is 53.5 Å². The van der Waals surface area contributed by atoms with Gasteiger partial charge < -0.3 is 4.57 Å². The second-order valence-corrected chi connectivity index (χ2v) is 7.23. The van der Waals surface area contributed by atoms with Gasteiger partial charge in [0, 0.05) is 10.8 Å². The average Bonchev–Trinajstić information content (AvgIpc) is 2.74. The molecule has 0 saturated carbocycles. The summed E-state index contributed by atoms with van der Waals surface area (Å²) >= 11 is 11.9. The van der Waals surface area contributed by atoms with Crippen molar-refractivity contribution in [2.75, 3.05) is 0 Å². The van der Waals surface area contributed by atoms with Crippen LogP contribution in [0.25, 0.3) is 21.8 Å². The van der Waals surface area contributed by atoms with E-state index in [1.54, 1.807) is 30.3 Å². The van der Waals surface area contributed by atoms with E-state index in [0.717, 1.165) is 0 Å². The number of pyridine rings is 1. The second-order valence-electron chi connectivity index (χ2n) is 6.42. The summed E-state index contributed by atoms with van der Waals surface area (Å²) in [5, 5.41) is 5.98. The number of hydrazone groups is 1. The number of benzene rings is 3. The van der Waals surface area contributed by atoms with E-state index in [9.17, 15) is 9.59 Å². The van der Waals surface area contributed by atoms with Gasteiger partial charge in [0.15, 0.2) is 5.43 Å². The van der Waals surface area contributed by atoms with Crippen LogP contribution in [-0.2, 0) is 11.3 Å². The number of hydrogen-bond donors (Lipinski definition) is 1. The van der Waals surface area contributed by atoms with Crippen molar-refractivity contribution in [2.45, 2.75) is 6.54 Å². The Labute approximate surface area is 176 Å². The van der Waals surface area contributed by atoms with E-state index in [4.69, 9.17) is 23.2 Å². The third-order valence-corrected chi connectivity index (χ3v) is 5.27. The lowest BCUT2D eigenvalue weighted by atomic mass is 10.1. The minimum absolute atomic E-state index is 0.0139. The summed E-state index contributed by atoms with van der Waals surface area (Å²) < 4.78 is 1.82. The molecule has 1 N–H and O–H groups in total. The smallest absolute Gasteiger partial charge is 0.260 e. The van der Waals surface area contributed by atoms with Crippen LogP contribution in [0.15, 0.2) is 76.6 Å². The van der Waals surface area contributed by atoms with Gasteiger partial charge in [0.05, 0.1) is 27.3 Å². The summed E-state index contributed by atoms with van der Waals surface area (Å²) in [6.07, 6.45) is 1.49. The van der Waals surface area contributed by atoms with E-state index in [0.29, 0.717) is 37.4 Å². The normalized spacial score (nSPS) is 11.4. The molecule has 4 aromatic rings. The van der Waals surface area contributed by atoms with Gasteiger partial charge in [-0.3, -0.25) is 9.59 Å². The predicted molar refractivity (Wildman–Crippen MR) is 118 cm³/mol. The number of para-hydroxylation sites is 2. The van der Waals surface area contributed by atoms with Crippen LogP contribution in [0.2, 0.25) is 10.0 Å². The summed E-state index contributed by atoms with van der Waals surface area (Å²) in [7, 11) is 0. The Morgan fingerprint density at radius 1 is 0.931 bits per heavy atom. The molecule has 0 aliphatic carbocycles. The zero-order chi connectivity index (χ0) is 20.4. The van der Waals surface area contributed by atoms with E-state index >= 15 is 0 Å². The van der Waals surface area contributed by atoms with E-state index in [1.807, 2.05) is 41.0 Å². The Bertz CT molecular complexity index is 1270. The average molecular weight is 424 g/mol. The van der Waals surface area contributed by atoms with Crippen molar-refractivity contribution >= 4 is 57.1 Å². The first-order valence-corrected chi connectivity index (χ1v) is 9.57. The number of aromatic nitrogens is 1. The highest BCUT2D eigenvalue weighted by Gasteiger charge is 2.12. The number of fused-ring (bicyclic) bond motifs is 2. The summed E-state index contributed by atoms with van der Waals surface area (Å²) in [6.45, 7) is 0.0139. The molecule has 0 aliphatic rings. The standard InChI is InChI=1S/C22H15Cl2N3O2/c23-17-10-9-14(11-18(17)24)12-25-26-21(28)13-27-19-7-3-1-5-15(19)22(29)16-6-2-4-8-20(16)27/h1-12H,13H2,(H,26,28). The van der Waals surface area contributed by atoms with Crippen molar-refractivity contribution in [3.05, 3.63) is 92.6 Å². The van der Waals surface area contributed by atoms with Gasteiger partial charge in [-0.05, 0) is 42.0 Å². The largest absolute Gasteiger partial charge is 0.331 e. The SMILES string of the molecule is O=C(Cn1c2ccccc2c(=O)c2ccccc21)NN=Cc1ccc(Cl)c(Cl)c1. The van der Waals surface area contributed by atoms with Crippen LogP contribution in [0.1, 0.15) is 5.56 Å². The Morgan fingerprint density at radius 2 is 1.55 bits per heavy atom. The third kappa shape index (κ3) is 3.88. The molecule has 1 heterocycles. The molecule has 29 heavy (non-hydrogen) atoms. The number of rotatable bonds is 4. The Kier molecular flexibility index (Phi) is 5.34. The highest BCUT2D eigenvalue weighted by atomic mass is 35.5. The first kappa shape index (κ1) is 19.2. The maximum Gasteiger partial charge on any atom is 0.260 e. The minimum atomic E-state index is -0.319. The molecule has 0 radical (unpaired) electrons. The van der Waals surface area contributed by atoms with Gasteiger partial charge in [-0.25, -0.2) is 5.43 Å². The lowest BCUT2D eigenvalue weighted by Gasteiger charge is -2.14. The van der Waals surface area contributed by atoms with E-state index in [2.05, 4.69) is 10.5 Å². The molecule has 1 amide bonds. The molecule has 3 aromatic carbocycles. The third-order valence-electron chi connectivity index (χ3n) is 4.53. The van der Waals surface area contributed by atoms with E-state index in [1.165, 1.54) is 6.21 Å². The molecule has 0 bridgehead atoms. The Balaban J connectivity index is 1.64. The molecule has 0 saturated heterocycles. The molecule has 0 spiro atoms. The molecule has 7 heteroatoms. The quantitative estimate of drug-likeness (QED) is 0.295. The molecule has 144 valence electrons. The van der Waals surface area contributed by atoms with E-state index in [-0.39, 0.29) is 17.9 Å². The van der Waals surface area contributed by atoms with Crippen molar-refractivity contribution < 1.29 is 4.79 Å². The minimum Gasteiger partial charge on any atom is -0.331 e. The zero-order valence-electron chi connectivity index (χ0n) is 15.1. The zero-order valence-corrected chi connectivity index (χ0v) is 16.6. The first-order chi connectivity index (χ1) is 14.0. The number of nitrogens with one attached hydrogen (secondary N) is 1. The second kappa shape index (κ2) is 8.07. The van der Waals surface area contributed by atoms with Crippen molar-refractivity contribution in [1.29, 1.82) is 0 Å². The molecule has 5 nitrogen and oxygen atoms in total. The van der Waals surface area contributed by atoms with Gasteiger partial charge in [-0.15, -0.1) is 0 Å².